The molecule has 0 aliphatic rings. The summed E-state index contributed by atoms with van der Waals surface area (Å²) in [6.45, 7) is 3.46. The number of rotatable bonds is 5. The lowest BCUT2D eigenvalue weighted by Gasteiger charge is -2.10. The SMILES string of the molecule is CC(C)NS(=O)(=O)c1ccc(C(=O)Nc2ccc3oc(=O)ccc3c2)cc1. The number of sulfonamides is 1. The number of benzene rings is 2. The van der Waals surface area contributed by atoms with Crippen molar-refractivity contribution in [2.45, 2.75) is 24.8 Å². The van der Waals surface area contributed by atoms with Crippen molar-refractivity contribution in [1.82, 2.24) is 4.72 Å². The Hall–Kier alpha value is -2.97. The van der Waals surface area contributed by atoms with Crippen molar-refractivity contribution in [3.8, 4) is 0 Å². The first kappa shape index (κ1) is 18.8. The van der Waals surface area contributed by atoms with Gasteiger partial charge in [0.05, 0.1) is 4.90 Å². The van der Waals surface area contributed by atoms with Gasteiger partial charge in [0.25, 0.3) is 5.91 Å². The first-order valence-electron chi connectivity index (χ1n) is 8.22. The molecule has 0 aliphatic heterocycles. The standard InChI is InChI=1S/C19H18N2O5S/c1-12(2)21-27(24,25)16-7-3-13(4-8-16)19(23)20-15-6-9-17-14(11-15)5-10-18(22)26-17/h3-12,21H,1-2H3,(H,20,23). The lowest BCUT2D eigenvalue weighted by molar-refractivity contribution is 0.102. The Bertz CT molecular complexity index is 1150. The van der Waals surface area contributed by atoms with Gasteiger partial charge in [-0.25, -0.2) is 17.9 Å². The van der Waals surface area contributed by atoms with Crippen LogP contribution in [-0.2, 0) is 10.0 Å². The predicted molar refractivity (Wildman–Crippen MR) is 102 cm³/mol. The molecule has 140 valence electrons. The second-order valence-electron chi connectivity index (χ2n) is 6.26. The highest BCUT2D eigenvalue weighted by atomic mass is 32.2. The minimum atomic E-state index is -3.61. The zero-order chi connectivity index (χ0) is 19.6. The first-order valence-corrected chi connectivity index (χ1v) is 9.70. The Morgan fingerprint density at radius 2 is 1.70 bits per heavy atom. The van der Waals surface area contributed by atoms with Crippen LogP contribution in [0.4, 0.5) is 5.69 Å². The van der Waals surface area contributed by atoms with Crippen molar-refractivity contribution in [1.29, 1.82) is 0 Å². The van der Waals surface area contributed by atoms with E-state index in [0.717, 1.165) is 0 Å². The lowest BCUT2D eigenvalue weighted by atomic mass is 10.2. The van der Waals surface area contributed by atoms with E-state index >= 15 is 0 Å². The van der Waals surface area contributed by atoms with Gasteiger partial charge in [0.1, 0.15) is 5.58 Å². The highest BCUT2D eigenvalue weighted by molar-refractivity contribution is 7.89. The van der Waals surface area contributed by atoms with E-state index in [2.05, 4.69) is 10.0 Å². The number of anilines is 1. The van der Waals surface area contributed by atoms with Gasteiger partial charge in [-0.2, -0.15) is 0 Å². The monoisotopic (exact) mass is 386 g/mol. The van der Waals surface area contributed by atoms with Gasteiger partial charge in [-0.05, 0) is 62.4 Å². The molecule has 3 aromatic rings. The van der Waals surface area contributed by atoms with Crippen LogP contribution in [-0.4, -0.2) is 20.4 Å². The summed E-state index contributed by atoms with van der Waals surface area (Å²) < 4.78 is 31.8. The molecule has 7 nitrogen and oxygen atoms in total. The van der Waals surface area contributed by atoms with Crippen LogP contribution in [0.1, 0.15) is 24.2 Å². The summed E-state index contributed by atoms with van der Waals surface area (Å²) in [6, 6.07) is 13.2. The number of hydrogen-bond acceptors (Lipinski definition) is 5. The highest BCUT2D eigenvalue weighted by Crippen LogP contribution is 2.19. The van der Waals surface area contributed by atoms with Crippen molar-refractivity contribution in [2.75, 3.05) is 5.32 Å². The average Bonchev–Trinajstić information content (AvgIpc) is 2.61. The van der Waals surface area contributed by atoms with Gasteiger partial charge in [-0.15, -0.1) is 0 Å². The largest absolute Gasteiger partial charge is 0.423 e. The van der Waals surface area contributed by atoms with E-state index in [-0.39, 0.29) is 16.8 Å². The zero-order valence-corrected chi connectivity index (χ0v) is 15.5. The van der Waals surface area contributed by atoms with Crippen LogP contribution in [0.3, 0.4) is 0 Å². The van der Waals surface area contributed by atoms with Crippen molar-refractivity contribution >= 4 is 32.6 Å². The Kier molecular flexibility index (Phi) is 5.11. The Morgan fingerprint density at radius 3 is 2.37 bits per heavy atom. The first-order chi connectivity index (χ1) is 12.7. The predicted octanol–water partition coefficient (Wildman–Crippen LogP) is 2.73. The van der Waals surface area contributed by atoms with E-state index in [4.69, 9.17) is 4.42 Å². The van der Waals surface area contributed by atoms with E-state index in [1.165, 1.54) is 30.3 Å². The number of hydrogen-bond donors (Lipinski definition) is 2. The summed E-state index contributed by atoms with van der Waals surface area (Å²) in [5, 5.41) is 3.41. The highest BCUT2D eigenvalue weighted by Gasteiger charge is 2.16. The third-order valence-electron chi connectivity index (χ3n) is 3.69. The Labute approximate surface area is 156 Å². The van der Waals surface area contributed by atoms with E-state index < -0.39 is 15.6 Å². The van der Waals surface area contributed by atoms with Crippen molar-refractivity contribution < 1.29 is 17.6 Å². The van der Waals surface area contributed by atoms with E-state index in [1.807, 2.05) is 0 Å². The summed E-state index contributed by atoms with van der Waals surface area (Å²) in [7, 11) is -3.61. The molecule has 0 bridgehead atoms. The number of nitrogens with one attached hydrogen (secondary N) is 2. The van der Waals surface area contributed by atoms with Crippen LogP contribution in [0.15, 0.2) is 68.7 Å². The third-order valence-corrected chi connectivity index (χ3v) is 5.37. The molecule has 0 atom stereocenters. The Morgan fingerprint density at radius 1 is 1.00 bits per heavy atom. The van der Waals surface area contributed by atoms with Gasteiger partial charge in [0, 0.05) is 28.7 Å². The fourth-order valence-electron chi connectivity index (χ4n) is 2.52. The summed E-state index contributed by atoms with van der Waals surface area (Å²) in [5.74, 6) is -0.382. The molecule has 27 heavy (non-hydrogen) atoms. The van der Waals surface area contributed by atoms with Gasteiger partial charge in [0.2, 0.25) is 10.0 Å². The Balaban J connectivity index is 1.78. The molecular weight excluding hydrogens is 368 g/mol. The molecule has 0 unspecified atom stereocenters. The minimum Gasteiger partial charge on any atom is -0.423 e. The molecule has 0 radical (unpaired) electrons. The smallest absolute Gasteiger partial charge is 0.336 e. The van der Waals surface area contributed by atoms with Gasteiger partial charge >= 0.3 is 5.63 Å². The maximum atomic E-state index is 12.4. The molecular formula is C19H18N2O5S. The maximum absolute atomic E-state index is 12.4. The van der Waals surface area contributed by atoms with Crippen LogP contribution >= 0.6 is 0 Å². The molecule has 8 heteroatoms. The second-order valence-corrected chi connectivity index (χ2v) is 7.98. The minimum absolute atomic E-state index is 0.0912. The molecule has 0 spiro atoms. The summed E-state index contributed by atoms with van der Waals surface area (Å²) >= 11 is 0. The van der Waals surface area contributed by atoms with Gasteiger partial charge in [-0.1, -0.05) is 0 Å². The molecule has 3 rings (SSSR count). The fraction of sp³-hybridized carbons (Fsp3) is 0.158. The molecule has 0 fully saturated rings. The second kappa shape index (κ2) is 7.34. The van der Waals surface area contributed by atoms with Crippen LogP contribution in [0.2, 0.25) is 0 Å². The molecule has 0 saturated heterocycles. The molecule has 1 amide bonds. The van der Waals surface area contributed by atoms with Gasteiger partial charge < -0.3 is 9.73 Å². The number of fused-ring (bicyclic) bond motifs is 1. The molecule has 2 aromatic carbocycles. The molecule has 0 saturated carbocycles. The third kappa shape index (κ3) is 4.42. The zero-order valence-electron chi connectivity index (χ0n) is 14.7. The maximum Gasteiger partial charge on any atom is 0.336 e. The van der Waals surface area contributed by atoms with Crippen LogP contribution in [0.5, 0.6) is 0 Å². The number of amides is 1. The van der Waals surface area contributed by atoms with Crippen molar-refractivity contribution in [3.05, 3.63) is 70.6 Å². The molecule has 1 heterocycles. The van der Waals surface area contributed by atoms with E-state index in [0.29, 0.717) is 22.2 Å². The normalized spacial score (nSPS) is 11.7. The lowest BCUT2D eigenvalue weighted by Crippen LogP contribution is -2.30. The van der Waals surface area contributed by atoms with E-state index in [1.54, 1.807) is 38.1 Å². The van der Waals surface area contributed by atoms with Crippen LogP contribution in [0.25, 0.3) is 11.0 Å². The number of carbonyl (C=O) groups excluding carboxylic acids is 1. The summed E-state index contributed by atoms with van der Waals surface area (Å²) in [4.78, 5) is 23.7. The van der Waals surface area contributed by atoms with Gasteiger partial charge in [0.15, 0.2) is 0 Å². The molecule has 1 aromatic heterocycles. The molecule has 0 aliphatic carbocycles. The molecule has 2 N–H and O–H groups in total. The quantitative estimate of drug-likeness (QED) is 0.656. The van der Waals surface area contributed by atoms with Gasteiger partial charge in [-0.3, -0.25) is 4.79 Å². The van der Waals surface area contributed by atoms with Crippen LogP contribution in [0, 0.1) is 0 Å². The summed E-state index contributed by atoms with van der Waals surface area (Å²) in [6.07, 6.45) is 0. The van der Waals surface area contributed by atoms with Crippen molar-refractivity contribution in [2.24, 2.45) is 0 Å². The van der Waals surface area contributed by atoms with Crippen LogP contribution < -0.4 is 15.7 Å². The van der Waals surface area contributed by atoms with E-state index in [9.17, 15) is 18.0 Å². The van der Waals surface area contributed by atoms with Crippen molar-refractivity contribution in [3.63, 3.8) is 0 Å². The number of carbonyl (C=O) groups is 1. The average molecular weight is 386 g/mol. The summed E-state index contributed by atoms with van der Waals surface area (Å²) in [5.41, 5.74) is 0.826. The topological polar surface area (TPSA) is 105 Å². The fourth-order valence-corrected chi connectivity index (χ4v) is 3.77.